The summed E-state index contributed by atoms with van der Waals surface area (Å²) >= 11 is 0. The molecule has 1 aliphatic heterocycles. The minimum absolute atomic E-state index is 0.0656. The van der Waals surface area contributed by atoms with Crippen molar-refractivity contribution in [2.45, 2.75) is 0 Å². The Morgan fingerprint density at radius 1 is 1.09 bits per heavy atom. The molecule has 0 saturated carbocycles. The van der Waals surface area contributed by atoms with Crippen molar-refractivity contribution in [3.63, 3.8) is 0 Å². The maximum atomic E-state index is 11.5. The summed E-state index contributed by atoms with van der Waals surface area (Å²) < 4.78 is 10.5. The molecule has 22 heavy (non-hydrogen) atoms. The molecule has 0 fully saturated rings. The first-order valence-electron chi connectivity index (χ1n) is 6.35. The molecule has 2 N–H and O–H groups in total. The van der Waals surface area contributed by atoms with E-state index in [4.69, 9.17) is 9.15 Å². The van der Waals surface area contributed by atoms with Crippen LogP contribution in [0.4, 0.5) is 0 Å². The van der Waals surface area contributed by atoms with E-state index in [-0.39, 0.29) is 40.1 Å². The lowest BCUT2D eigenvalue weighted by Crippen LogP contribution is -1.99. The lowest BCUT2D eigenvalue weighted by atomic mass is 10.1. The second kappa shape index (κ2) is 5.00. The van der Waals surface area contributed by atoms with Crippen LogP contribution in [-0.4, -0.2) is 17.3 Å². The van der Waals surface area contributed by atoms with Crippen LogP contribution in [0.25, 0.3) is 22.6 Å². The molecule has 0 aromatic heterocycles. The lowest BCUT2D eigenvalue weighted by Gasteiger charge is -2.15. The molecule has 112 valence electrons. The standard InChI is InChI=1S/C16H12O6/c1-21-15-4-8(2-3-11(15)18)16-13(20)7-10-12(19)5-9(17)6-14(10)22-16/h2-7,18-20H,1H3/p-1. The van der Waals surface area contributed by atoms with Crippen LogP contribution in [0.1, 0.15) is 0 Å². The maximum absolute atomic E-state index is 11.5. The Morgan fingerprint density at radius 2 is 1.86 bits per heavy atom. The van der Waals surface area contributed by atoms with Crippen LogP contribution in [-0.2, 0) is 0 Å². The quantitative estimate of drug-likeness (QED) is 0.749. The molecular weight excluding hydrogens is 288 g/mol. The van der Waals surface area contributed by atoms with E-state index in [0.29, 0.717) is 5.56 Å². The summed E-state index contributed by atoms with van der Waals surface area (Å²) in [6, 6.07) is 7.71. The number of aromatic hydroxyl groups is 2. The Morgan fingerprint density at radius 3 is 2.59 bits per heavy atom. The van der Waals surface area contributed by atoms with E-state index in [1.54, 1.807) is 0 Å². The monoisotopic (exact) mass is 299 g/mol. The summed E-state index contributed by atoms with van der Waals surface area (Å²) in [6.07, 6.45) is 0. The van der Waals surface area contributed by atoms with E-state index in [1.165, 1.54) is 37.4 Å². The third kappa shape index (κ3) is 2.20. The maximum Gasteiger partial charge on any atom is 0.186 e. The molecule has 1 aliphatic carbocycles. The van der Waals surface area contributed by atoms with Gasteiger partial charge >= 0.3 is 0 Å². The molecule has 3 rings (SSSR count). The topological polar surface area (TPSA) is 103 Å². The first-order valence-corrected chi connectivity index (χ1v) is 6.35. The van der Waals surface area contributed by atoms with E-state index in [9.17, 15) is 20.1 Å². The van der Waals surface area contributed by atoms with Gasteiger partial charge in [0, 0.05) is 17.7 Å². The molecule has 0 bridgehead atoms. The van der Waals surface area contributed by atoms with Crippen molar-refractivity contribution in [1.82, 2.24) is 0 Å². The van der Waals surface area contributed by atoms with E-state index < -0.39 is 5.43 Å². The zero-order valence-corrected chi connectivity index (χ0v) is 11.5. The first kappa shape index (κ1) is 13.8. The van der Waals surface area contributed by atoms with Crippen LogP contribution in [0.5, 0.6) is 23.0 Å². The average Bonchev–Trinajstić information content (AvgIpc) is 2.48. The Kier molecular flexibility index (Phi) is 3.14. The third-order valence-corrected chi connectivity index (χ3v) is 3.25. The van der Waals surface area contributed by atoms with Crippen molar-refractivity contribution in [2.24, 2.45) is 0 Å². The van der Waals surface area contributed by atoms with Crippen LogP contribution >= 0.6 is 0 Å². The number of phenolic OH excluding ortho intramolecular Hbond substituents is 1. The van der Waals surface area contributed by atoms with Gasteiger partial charge in [-0.3, -0.25) is 4.79 Å². The summed E-state index contributed by atoms with van der Waals surface area (Å²) in [5.74, 6) is -0.514. The zero-order chi connectivity index (χ0) is 15.9. The number of benzene rings is 2. The molecule has 0 unspecified atom stereocenters. The number of rotatable bonds is 2. The minimum atomic E-state index is -0.419. The molecule has 0 saturated heterocycles. The molecule has 0 radical (unpaired) electrons. The molecule has 2 aliphatic rings. The first-order chi connectivity index (χ1) is 10.5. The Hall–Kier alpha value is -3.15. The van der Waals surface area contributed by atoms with Crippen molar-refractivity contribution < 1.29 is 24.5 Å². The zero-order valence-electron chi connectivity index (χ0n) is 11.5. The highest BCUT2D eigenvalue weighted by Crippen LogP contribution is 2.41. The van der Waals surface area contributed by atoms with Gasteiger partial charge in [-0.25, -0.2) is 0 Å². The van der Waals surface area contributed by atoms with Crippen LogP contribution < -0.4 is 15.3 Å². The molecule has 0 atom stereocenters. The van der Waals surface area contributed by atoms with Gasteiger partial charge in [-0.05, 0) is 12.1 Å². The molecule has 1 aromatic rings. The second-order valence-electron chi connectivity index (χ2n) is 4.68. The largest absolute Gasteiger partial charge is 0.870 e. The van der Waals surface area contributed by atoms with Crippen LogP contribution in [0.3, 0.4) is 0 Å². The SMILES string of the molecule is COc1cc(-c2oc3cc(=O)cc(O)c-3cc2O)ccc1[O-]. The van der Waals surface area contributed by atoms with Crippen molar-refractivity contribution in [1.29, 1.82) is 0 Å². The molecule has 1 heterocycles. The van der Waals surface area contributed by atoms with Gasteiger partial charge in [-0.2, -0.15) is 0 Å². The molecule has 6 nitrogen and oxygen atoms in total. The van der Waals surface area contributed by atoms with Crippen LogP contribution in [0.15, 0.2) is 45.6 Å². The fourth-order valence-electron chi connectivity index (χ4n) is 2.20. The Bertz CT molecular complexity index is 880. The van der Waals surface area contributed by atoms with Gasteiger partial charge in [0.05, 0.1) is 12.7 Å². The Balaban J connectivity index is 2.26. The van der Waals surface area contributed by atoms with E-state index in [2.05, 4.69) is 0 Å². The second-order valence-corrected chi connectivity index (χ2v) is 4.68. The molecule has 0 spiro atoms. The van der Waals surface area contributed by atoms with Gasteiger partial charge in [-0.15, -0.1) is 0 Å². The van der Waals surface area contributed by atoms with Crippen LogP contribution in [0, 0.1) is 0 Å². The van der Waals surface area contributed by atoms with Crippen molar-refractivity contribution >= 4 is 0 Å². The number of ether oxygens (including phenoxy) is 1. The van der Waals surface area contributed by atoms with E-state index in [1.807, 2.05) is 0 Å². The third-order valence-electron chi connectivity index (χ3n) is 3.25. The summed E-state index contributed by atoms with van der Waals surface area (Å²) in [4.78, 5) is 11.4. The smallest absolute Gasteiger partial charge is 0.186 e. The number of methoxy groups -OCH3 is 1. The van der Waals surface area contributed by atoms with E-state index in [0.717, 1.165) is 6.07 Å². The van der Waals surface area contributed by atoms with Gasteiger partial charge < -0.3 is 24.5 Å². The molecule has 6 heteroatoms. The number of hydrogen-bond acceptors (Lipinski definition) is 6. The highest BCUT2D eigenvalue weighted by Gasteiger charge is 2.17. The van der Waals surface area contributed by atoms with Crippen molar-refractivity contribution in [3.8, 4) is 45.6 Å². The summed E-state index contributed by atoms with van der Waals surface area (Å²) in [5, 5.41) is 31.3. The van der Waals surface area contributed by atoms with Crippen LogP contribution in [0.2, 0.25) is 0 Å². The predicted molar refractivity (Wildman–Crippen MR) is 76.4 cm³/mol. The molecular formula is C16H11O6-. The molecule has 1 aromatic carbocycles. The summed E-state index contributed by atoms with van der Waals surface area (Å²) in [5.41, 5.74) is 0.206. The molecule has 0 amide bonds. The van der Waals surface area contributed by atoms with Crippen molar-refractivity contribution in [3.05, 3.63) is 46.6 Å². The summed E-state index contributed by atoms with van der Waals surface area (Å²) in [7, 11) is 1.36. The van der Waals surface area contributed by atoms with Gasteiger partial charge in [0.15, 0.2) is 16.9 Å². The Labute approximate surface area is 124 Å². The number of hydrogen-bond donors (Lipinski definition) is 2. The highest BCUT2D eigenvalue weighted by molar-refractivity contribution is 5.75. The number of fused-ring (bicyclic) bond motifs is 1. The normalized spacial score (nSPS) is 10.8. The van der Waals surface area contributed by atoms with Gasteiger partial charge in [0.1, 0.15) is 17.3 Å². The van der Waals surface area contributed by atoms with Gasteiger partial charge in [0.2, 0.25) is 0 Å². The minimum Gasteiger partial charge on any atom is -0.870 e. The average molecular weight is 299 g/mol. The summed E-state index contributed by atoms with van der Waals surface area (Å²) in [6.45, 7) is 0. The van der Waals surface area contributed by atoms with E-state index >= 15 is 0 Å². The van der Waals surface area contributed by atoms with Gasteiger partial charge in [-0.1, -0.05) is 17.9 Å². The van der Waals surface area contributed by atoms with Gasteiger partial charge in [0.25, 0.3) is 0 Å². The van der Waals surface area contributed by atoms with Crippen molar-refractivity contribution in [2.75, 3.05) is 7.11 Å². The fourth-order valence-corrected chi connectivity index (χ4v) is 2.20. The number of phenols is 1. The predicted octanol–water partition coefficient (Wildman–Crippen LogP) is 1.90. The fraction of sp³-hybridized carbons (Fsp3) is 0.0625. The lowest BCUT2D eigenvalue weighted by molar-refractivity contribution is -0.270. The highest BCUT2D eigenvalue weighted by atomic mass is 16.5.